The summed E-state index contributed by atoms with van der Waals surface area (Å²) in [5.74, 6) is -0.425. The number of amides is 1. The van der Waals surface area contributed by atoms with Gasteiger partial charge in [0.05, 0.1) is 12.7 Å². The molecule has 0 aromatic heterocycles. The second-order valence-corrected chi connectivity index (χ2v) is 2.41. The molecule has 1 saturated heterocycles. The van der Waals surface area contributed by atoms with Gasteiger partial charge in [-0.05, 0) is 0 Å². The summed E-state index contributed by atoms with van der Waals surface area (Å²) in [6.45, 7) is 4.22. The van der Waals surface area contributed by atoms with Crippen LogP contribution in [0.1, 0.15) is 6.42 Å². The maximum atomic E-state index is 10.3. The molecule has 0 aromatic carbocycles. The van der Waals surface area contributed by atoms with E-state index in [0.717, 1.165) is 6.61 Å². The summed E-state index contributed by atoms with van der Waals surface area (Å²) >= 11 is 0. The van der Waals surface area contributed by atoms with E-state index in [1.54, 1.807) is 0 Å². The van der Waals surface area contributed by atoms with Gasteiger partial charge in [0.25, 0.3) is 0 Å². The van der Waals surface area contributed by atoms with Gasteiger partial charge in [0.2, 0.25) is 5.91 Å². The molecule has 6 nitrogen and oxygen atoms in total. The fourth-order valence-electron chi connectivity index (χ4n) is 0.561. The fraction of sp³-hybridized carbons (Fsp3) is 0.429. The van der Waals surface area contributed by atoms with E-state index in [-0.39, 0.29) is 6.10 Å². The van der Waals surface area contributed by atoms with E-state index < -0.39 is 12.1 Å². The molecule has 1 amide bonds. The summed E-state index contributed by atoms with van der Waals surface area (Å²) in [7, 11) is 0. The molecule has 0 aliphatic carbocycles. The minimum atomic E-state index is -1.83. The Morgan fingerprint density at radius 2 is 1.92 bits per heavy atom. The molecule has 1 unspecified atom stereocenters. The summed E-state index contributed by atoms with van der Waals surface area (Å²) in [5, 5.41) is 13.9. The van der Waals surface area contributed by atoms with E-state index in [9.17, 15) is 4.79 Å². The molecule has 4 N–H and O–H groups in total. The van der Waals surface area contributed by atoms with Crippen LogP contribution in [0.25, 0.3) is 0 Å². The van der Waals surface area contributed by atoms with Gasteiger partial charge in [0.15, 0.2) is 0 Å². The van der Waals surface area contributed by atoms with Gasteiger partial charge in [-0.2, -0.15) is 0 Å². The quantitative estimate of drug-likeness (QED) is 0.428. The zero-order valence-corrected chi connectivity index (χ0v) is 6.90. The average molecular weight is 189 g/mol. The number of carbonyl (C=O) groups is 2. The van der Waals surface area contributed by atoms with Crippen molar-refractivity contribution in [2.45, 2.75) is 12.5 Å². The van der Waals surface area contributed by atoms with Crippen LogP contribution in [0.3, 0.4) is 0 Å². The lowest BCUT2D eigenvalue weighted by molar-refractivity contribution is -0.114. The molecule has 0 spiro atoms. The number of epoxide rings is 1. The van der Waals surface area contributed by atoms with Crippen molar-refractivity contribution in [2.75, 3.05) is 6.61 Å². The highest BCUT2D eigenvalue weighted by Gasteiger charge is 2.24. The Balaban J connectivity index is 0.000000310. The lowest BCUT2D eigenvalue weighted by Crippen LogP contribution is -2.14. The number of hydrogen-bond donors (Lipinski definition) is 3. The number of carboxylic acid groups (broad SMARTS) is 2. The van der Waals surface area contributed by atoms with Gasteiger partial charge in [0, 0.05) is 12.0 Å². The molecule has 1 aliphatic rings. The Bertz CT molecular complexity index is 217. The molecule has 1 heterocycles. The lowest BCUT2D eigenvalue weighted by atomic mass is 10.2. The summed E-state index contributed by atoms with van der Waals surface area (Å²) < 4.78 is 4.86. The van der Waals surface area contributed by atoms with Crippen LogP contribution in [0.5, 0.6) is 0 Å². The molecule has 0 radical (unpaired) electrons. The Hall–Kier alpha value is -1.56. The number of nitrogens with two attached hydrogens (primary N) is 1. The zero-order valence-electron chi connectivity index (χ0n) is 6.90. The summed E-state index contributed by atoms with van der Waals surface area (Å²) in [6, 6.07) is 0. The normalized spacial score (nSPS) is 18.0. The third kappa shape index (κ3) is 8.35. The van der Waals surface area contributed by atoms with Crippen molar-refractivity contribution in [3.8, 4) is 0 Å². The first kappa shape index (κ1) is 11.4. The Morgan fingerprint density at radius 1 is 1.54 bits per heavy atom. The van der Waals surface area contributed by atoms with Crippen LogP contribution in [0.4, 0.5) is 4.79 Å². The highest BCUT2D eigenvalue weighted by Crippen LogP contribution is 2.17. The maximum Gasteiger partial charge on any atom is 0.503 e. The number of carbonyl (C=O) groups excluding carboxylic acids is 1. The second kappa shape index (κ2) is 5.15. The first-order valence-electron chi connectivity index (χ1n) is 3.44. The number of rotatable bonds is 3. The summed E-state index contributed by atoms with van der Waals surface area (Å²) in [6.07, 6.45) is -1.03. The standard InChI is InChI=1S/C6H9NO2.CH2O3/c1-4(6(7)8)2-5-3-9-5;2-1(3)4/h5H,1-3H2,(H2,7,8);(H2,2,3,4). The van der Waals surface area contributed by atoms with Crippen LogP contribution >= 0.6 is 0 Å². The molecule has 1 atom stereocenters. The largest absolute Gasteiger partial charge is 0.503 e. The number of hydrogen-bond acceptors (Lipinski definition) is 3. The predicted molar refractivity (Wildman–Crippen MR) is 43.3 cm³/mol. The van der Waals surface area contributed by atoms with E-state index in [4.69, 9.17) is 25.5 Å². The Morgan fingerprint density at radius 3 is 2.15 bits per heavy atom. The Labute approximate surface area is 74.6 Å². The van der Waals surface area contributed by atoms with E-state index in [1.165, 1.54) is 0 Å². The minimum absolute atomic E-state index is 0.213. The molecule has 74 valence electrons. The molecule has 0 bridgehead atoms. The van der Waals surface area contributed by atoms with Crippen LogP contribution in [-0.2, 0) is 9.53 Å². The third-order valence-corrected chi connectivity index (χ3v) is 1.22. The topological polar surface area (TPSA) is 113 Å². The minimum Gasteiger partial charge on any atom is -0.450 e. The van der Waals surface area contributed by atoms with Gasteiger partial charge < -0.3 is 20.7 Å². The highest BCUT2D eigenvalue weighted by atomic mass is 16.6. The van der Waals surface area contributed by atoms with Crippen LogP contribution in [0, 0.1) is 0 Å². The van der Waals surface area contributed by atoms with Crippen molar-refractivity contribution in [3.05, 3.63) is 12.2 Å². The lowest BCUT2D eigenvalue weighted by Gasteiger charge is -1.93. The van der Waals surface area contributed by atoms with Gasteiger partial charge in [-0.15, -0.1) is 0 Å². The van der Waals surface area contributed by atoms with Crippen molar-refractivity contribution in [3.63, 3.8) is 0 Å². The molecule has 1 aliphatic heterocycles. The van der Waals surface area contributed by atoms with E-state index in [1.807, 2.05) is 0 Å². The van der Waals surface area contributed by atoms with Gasteiger partial charge in [0.1, 0.15) is 0 Å². The van der Waals surface area contributed by atoms with E-state index >= 15 is 0 Å². The molecule has 13 heavy (non-hydrogen) atoms. The van der Waals surface area contributed by atoms with E-state index in [0.29, 0.717) is 12.0 Å². The third-order valence-electron chi connectivity index (χ3n) is 1.22. The molecular formula is C7H11NO5. The smallest absolute Gasteiger partial charge is 0.450 e. The summed E-state index contributed by atoms with van der Waals surface area (Å²) in [4.78, 5) is 18.9. The van der Waals surface area contributed by atoms with Crippen molar-refractivity contribution in [1.82, 2.24) is 0 Å². The number of primary amides is 1. The molecule has 1 rings (SSSR count). The average Bonchev–Trinajstić information content (AvgIpc) is 2.69. The molecule has 6 heteroatoms. The van der Waals surface area contributed by atoms with Crippen LogP contribution < -0.4 is 5.73 Å². The first-order valence-corrected chi connectivity index (χ1v) is 3.44. The van der Waals surface area contributed by atoms with Gasteiger partial charge in [-0.25, -0.2) is 4.79 Å². The first-order chi connectivity index (χ1) is 5.93. The van der Waals surface area contributed by atoms with Crippen LogP contribution in [0.2, 0.25) is 0 Å². The van der Waals surface area contributed by atoms with Gasteiger partial charge in [-0.3, -0.25) is 4.79 Å². The Kier molecular flexibility index (Phi) is 4.53. The molecule has 0 aromatic rings. The molecule has 0 saturated carbocycles. The summed E-state index contributed by atoms with van der Waals surface area (Å²) in [5.41, 5.74) is 5.37. The molecular weight excluding hydrogens is 178 g/mol. The van der Waals surface area contributed by atoms with Crippen molar-refractivity contribution in [2.24, 2.45) is 5.73 Å². The van der Waals surface area contributed by atoms with Crippen LogP contribution in [0.15, 0.2) is 12.2 Å². The van der Waals surface area contributed by atoms with Crippen molar-refractivity contribution < 1.29 is 24.5 Å². The second-order valence-electron chi connectivity index (χ2n) is 2.41. The van der Waals surface area contributed by atoms with Gasteiger partial charge >= 0.3 is 6.16 Å². The van der Waals surface area contributed by atoms with Crippen LogP contribution in [-0.4, -0.2) is 35.0 Å². The zero-order chi connectivity index (χ0) is 10.4. The number of ether oxygens (including phenoxy) is 1. The van der Waals surface area contributed by atoms with Gasteiger partial charge in [-0.1, -0.05) is 6.58 Å². The SMILES string of the molecule is C=C(CC1CO1)C(N)=O.O=C(O)O. The maximum absolute atomic E-state index is 10.3. The van der Waals surface area contributed by atoms with Crippen molar-refractivity contribution >= 4 is 12.1 Å². The highest BCUT2D eigenvalue weighted by molar-refractivity contribution is 5.91. The monoisotopic (exact) mass is 189 g/mol. The van der Waals surface area contributed by atoms with Crippen molar-refractivity contribution in [1.29, 1.82) is 0 Å². The predicted octanol–water partition coefficient (Wildman–Crippen LogP) is 0.0392. The fourth-order valence-corrected chi connectivity index (χ4v) is 0.561. The molecule has 1 fully saturated rings. The van der Waals surface area contributed by atoms with E-state index in [2.05, 4.69) is 6.58 Å².